The molecule has 0 saturated heterocycles. The van der Waals surface area contributed by atoms with Gasteiger partial charge in [0.05, 0.1) is 11.9 Å². The van der Waals surface area contributed by atoms with E-state index in [2.05, 4.69) is 15.3 Å². The lowest BCUT2D eigenvalue weighted by Crippen LogP contribution is -2.32. The summed E-state index contributed by atoms with van der Waals surface area (Å²) in [6.07, 6.45) is 10.0. The van der Waals surface area contributed by atoms with E-state index in [-0.39, 0.29) is 29.1 Å². The minimum atomic E-state index is -0.720. The number of hydrogen-bond acceptors (Lipinski definition) is 5. The second kappa shape index (κ2) is 10.7. The van der Waals surface area contributed by atoms with Crippen molar-refractivity contribution in [3.8, 4) is 0 Å². The summed E-state index contributed by atoms with van der Waals surface area (Å²) in [5.41, 5.74) is 2.11. The van der Waals surface area contributed by atoms with Crippen molar-refractivity contribution in [2.24, 2.45) is 0 Å². The van der Waals surface area contributed by atoms with Gasteiger partial charge in [0, 0.05) is 29.7 Å². The maximum Gasteiger partial charge on any atom is 0.259 e. The second-order valence-electron chi connectivity index (χ2n) is 8.37. The van der Waals surface area contributed by atoms with Gasteiger partial charge < -0.3 is 10.2 Å². The molecule has 2 saturated carbocycles. The number of amides is 1. The Bertz CT molecular complexity index is 1140. The Labute approximate surface area is 202 Å². The Hall–Kier alpha value is -3.39. The predicted molar refractivity (Wildman–Crippen MR) is 131 cm³/mol. The normalized spacial score (nSPS) is 16.2. The molecule has 34 heavy (non-hydrogen) atoms. The number of pyridine rings is 2. The average molecular weight is 481 g/mol. The number of nitrogens with zero attached hydrogens (tertiary/aromatic N) is 3. The summed E-state index contributed by atoms with van der Waals surface area (Å²) in [6.45, 7) is 0. The molecule has 3 N–H and O–H groups in total. The Morgan fingerprint density at radius 1 is 1.21 bits per heavy atom. The Morgan fingerprint density at radius 3 is 2.62 bits per heavy atom. The third-order valence-electron chi connectivity index (χ3n) is 5.71. The first kappa shape index (κ1) is 23.8. The van der Waals surface area contributed by atoms with Crippen LogP contribution in [-0.4, -0.2) is 44.9 Å². The van der Waals surface area contributed by atoms with E-state index in [1.54, 1.807) is 29.3 Å². The SMILES string of the molecule is N=CN(C(=N)c1cccc(NC(=O)C(=C/Cc2ccc(C3CC3)nc2)/C(F)=C\CCl)n1)C1CC1. The molecule has 0 atom stereocenters. The number of aromatic nitrogens is 2. The van der Waals surface area contributed by atoms with Crippen molar-refractivity contribution in [1.29, 1.82) is 10.8 Å². The van der Waals surface area contributed by atoms with Crippen LogP contribution < -0.4 is 5.32 Å². The quantitative estimate of drug-likeness (QED) is 0.147. The first-order valence-electron chi connectivity index (χ1n) is 11.2. The van der Waals surface area contributed by atoms with Crippen LogP contribution in [0, 0.1) is 10.8 Å². The van der Waals surface area contributed by atoms with Crippen molar-refractivity contribution < 1.29 is 9.18 Å². The molecule has 0 bridgehead atoms. The zero-order valence-electron chi connectivity index (χ0n) is 18.6. The van der Waals surface area contributed by atoms with Gasteiger partial charge in [-0.25, -0.2) is 9.37 Å². The van der Waals surface area contributed by atoms with Gasteiger partial charge in [-0.15, -0.1) is 11.6 Å². The first-order valence-corrected chi connectivity index (χ1v) is 11.8. The van der Waals surface area contributed by atoms with Gasteiger partial charge in [0.15, 0.2) is 5.84 Å². The molecule has 0 aliphatic heterocycles. The maximum atomic E-state index is 14.7. The molecule has 4 rings (SSSR count). The van der Waals surface area contributed by atoms with Crippen LogP contribution in [0.15, 0.2) is 60.1 Å². The molecule has 176 valence electrons. The van der Waals surface area contributed by atoms with E-state index < -0.39 is 11.7 Å². The highest BCUT2D eigenvalue weighted by Gasteiger charge is 2.30. The summed E-state index contributed by atoms with van der Waals surface area (Å²) in [5, 5.41) is 18.5. The van der Waals surface area contributed by atoms with Crippen molar-refractivity contribution in [3.05, 3.63) is 77.0 Å². The molecule has 1 amide bonds. The van der Waals surface area contributed by atoms with Crippen LogP contribution in [0.1, 0.15) is 48.6 Å². The number of rotatable bonds is 10. The van der Waals surface area contributed by atoms with Gasteiger partial charge in [-0.3, -0.25) is 20.6 Å². The van der Waals surface area contributed by atoms with E-state index in [1.165, 1.54) is 18.9 Å². The highest BCUT2D eigenvalue weighted by Crippen LogP contribution is 2.38. The zero-order valence-corrected chi connectivity index (χ0v) is 19.4. The molecule has 7 nitrogen and oxygen atoms in total. The van der Waals surface area contributed by atoms with Crippen LogP contribution in [0.3, 0.4) is 0 Å². The van der Waals surface area contributed by atoms with Crippen LogP contribution in [0.25, 0.3) is 0 Å². The van der Waals surface area contributed by atoms with Crippen LogP contribution in [0.4, 0.5) is 10.2 Å². The maximum absolute atomic E-state index is 14.7. The number of carbonyl (C=O) groups is 1. The van der Waals surface area contributed by atoms with Gasteiger partial charge in [-0.2, -0.15) is 0 Å². The number of anilines is 1. The number of amidine groups is 1. The molecule has 2 aliphatic carbocycles. The van der Waals surface area contributed by atoms with Crippen LogP contribution in [0.5, 0.6) is 0 Å². The number of allylic oxidation sites excluding steroid dienone is 2. The zero-order chi connectivity index (χ0) is 24.1. The highest BCUT2D eigenvalue weighted by molar-refractivity contribution is 6.19. The molecular formula is C25H26ClFN6O. The molecular weight excluding hydrogens is 455 g/mol. The van der Waals surface area contributed by atoms with E-state index in [1.807, 2.05) is 12.1 Å². The van der Waals surface area contributed by atoms with Gasteiger partial charge in [-0.1, -0.05) is 18.2 Å². The molecule has 0 unspecified atom stereocenters. The number of halogens is 2. The number of alkyl halides is 1. The molecule has 0 spiro atoms. The van der Waals surface area contributed by atoms with Gasteiger partial charge in [-0.05, 0) is 61.9 Å². The lowest BCUT2D eigenvalue weighted by atomic mass is 10.1. The van der Waals surface area contributed by atoms with Gasteiger partial charge in [0.25, 0.3) is 5.91 Å². The highest BCUT2D eigenvalue weighted by atomic mass is 35.5. The van der Waals surface area contributed by atoms with Crippen molar-refractivity contribution in [3.63, 3.8) is 0 Å². The van der Waals surface area contributed by atoms with Gasteiger partial charge in [0.1, 0.15) is 17.3 Å². The summed E-state index contributed by atoms with van der Waals surface area (Å²) in [4.78, 5) is 23.3. The monoisotopic (exact) mass is 480 g/mol. The van der Waals surface area contributed by atoms with Crippen molar-refractivity contribution >= 4 is 35.5 Å². The summed E-state index contributed by atoms with van der Waals surface area (Å²) in [5.74, 6) is -0.631. The summed E-state index contributed by atoms with van der Waals surface area (Å²) >= 11 is 5.66. The average Bonchev–Trinajstić information content (AvgIpc) is 3.75. The van der Waals surface area contributed by atoms with E-state index in [0.717, 1.165) is 36.5 Å². The van der Waals surface area contributed by atoms with Gasteiger partial charge >= 0.3 is 0 Å². The van der Waals surface area contributed by atoms with E-state index in [9.17, 15) is 9.18 Å². The summed E-state index contributed by atoms with van der Waals surface area (Å²) in [7, 11) is 0. The Morgan fingerprint density at radius 2 is 2.00 bits per heavy atom. The predicted octanol–water partition coefficient (Wildman–Crippen LogP) is 4.95. The molecule has 0 aromatic carbocycles. The Kier molecular flexibility index (Phi) is 7.47. The van der Waals surface area contributed by atoms with Crippen molar-refractivity contribution in [1.82, 2.24) is 14.9 Å². The standard InChI is InChI=1S/C25H26ClFN6O/c26-13-12-20(27)19(10-4-16-5-11-21(30-14-16)17-6-7-17)25(34)32-23-3-1-2-22(31-23)24(29)33(15-28)18-8-9-18/h1-3,5,10-12,14-15,17-18,28-29H,4,6-9,13H2,(H,31,32,34)/b19-10+,20-12+,28-15?,29-24?. The van der Waals surface area contributed by atoms with Crippen LogP contribution in [-0.2, 0) is 11.2 Å². The Balaban J connectivity index is 1.49. The lowest BCUT2D eigenvalue weighted by Gasteiger charge is -2.18. The largest absolute Gasteiger partial charge is 0.313 e. The van der Waals surface area contributed by atoms with Gasteiger partial charge in [0.2, 0.25) is 0 Å². The molecule has 2 fully saturated rings. The van der Waals surface area contributed by atoms with E-state index in [4.69, 9.17) is 22.4 Å². The fourth-order valence-corrected chi connectivity index (χ4v) is 3.67. The van der Waals surface area contributed by atoms with Crippen molar-refractivity contribution in [2.45, 2.75) is 44.1 Å². The smallest absolute Gasteiger partial charge is 0.259 e. The fourth-order valence-electron chi connectivity index (χ4n) is 3.53. The third-order valence-corrected chi connectivity index (χ3v) is 5.87. The topological polar surface area (TPSA) is 106 Å². The third kappa shape index (κ3) is 5.94. The molecule has 9 heteroatoms. The van der Waals surface area contributed by atoms with E-state index in [0.29, 0.717) is 18.0 Å². The second-order valence-corrected chi connectivity index (χ2v) is 8.68. The fraction of sp³-hybridized carbons (Fsp3) is 0.320. The minimum Gasteiger partial charge on any atom is -0.313 e. The summed E-state index contributed by atoms with van der Waals surface area (Å²) < 4.78 is 14.7. The van der Waals surface area contributed by atoms with Crippen LogP contribution in [0.2, 0.25) is 0 Å². The minimum absolute atomic E-state index is 0.0698. The van der Waals surface area contributed by atoms with E-state index >= 15 is 0 Å². The number of hydrogen-bond donors (Lipinski definition) is 3. The first-order chi connectivity index (χ1) is 16.5. The van der Waals surface area contributed by atoms with Crippen molar-refractivity contribution in [2.75, 3.05) is 11.2 Å². The molecule has 2 heterocycles. The van der Waals surface area contributed by atoms with Crippen LogP contribution >= 0.6 is 11.6 Å². The summed E-state index contributed by atoms with van der Waals surface area (Å²) in [6, 6.07) is 8.93. The number of carbonyl (C=O) groups excluding carboxylic acids is 1. The number of nitrogens with one attached hydrogen (secondary N) is 3. The lowest BCUT2D eigenvalue weighted by molar-refractivity contribution is -0.112. The molecule has 2 aromatic heterocycles. The molecule has 2 aliphatic rings. The molecule has 2 aromatic rings. The molecule has 0 radical (unpaired) electrons.